The number of rotatable bonds is 10. The van der Waals surface area contributed by atoms with Gasteiger partial charge in [-0.05, 0) is 35.8 Å². The Balaban J connectivity index is 1.99. The normalized spacial score (nSPS) is 11.5. The molecule has 3 rings (SSSR count). The van der Waals surface area contributed by atoms with E-state index in [2.05, 4.69) is 11.9 Å². The van der Waals surface area contributed by atoms with Crippen LogP contribution < -0.4 is 0 Å². The minimum absolute atomic E-state index is 0.117. The topological polar surface area (TPSA) is 92.4 Å². The number of halogens is 1. The first-order chi connectivity index (χ1) is 15.4. The molecule has 0 spiro atoms. The number of carboxylic acids is 2. The fourth-order valence-corrected chi connectivity index (χ4v) is 3.66. The predicted molar refractivity (Wildman–Crippen MR) is 124 cm³/mol. The molecule has 6 nitrogen and oxygen atoms in total. The van der Waals surface area contributed by atoms with Crippen molar-refractivity contribution in [2.75, 3.05) is 0 Å². The SMILES string of the molecule is CCCCc1ncc(/C=C(\Cc2ccccc2)C(=O)O)n1Cc1ccc(C(=O)O)cc1Cl. The zero-order valence-corrected chi connectivity index (χ0v) is 18.5. The summed E-state index contributed by atoms with van der Waals surface area (Å²) < 4.78 is 1.95. The highest BCUT2D eigenvalue weighted by atomic mass is 35.5. The molecule has 0 saturated heterocycles. The number of aliphatic carboxylic acids is 1. The molecule has 2 aromatic carbocycles. The predicted octanol–water partition coefficient (Wildman–Crippen LogP) is 5.34. The Morgan fingerprint density at radius 1 is 1.12 bits per heavy atom. The van der Waals surface area contributed by atoms with Crippen molar-refractivity contribution in [3.05, 3.63) is 93.5 Å². The van der Waals surface area contributed by atoms with E-state index >= 15 is 0 Å². The Hall–Kier alpha value is -3.38. The van der Waals surface area contributed by atoms with Gasteiger partial charge in [-0.15, -0.1) is 0 Å². The summed E-state index contributed by atoms with van der Waals surface area (Å²) in [6.45, 7) is 2.46. The summed E-state index contributed by atoms with van der Waals surface area (Å²) >= 11 is 6.36. The lowest BCUT2D eigenvalue weighted by Gasteiger charge is -2.13. The summed E-state index contributed by atoms with van der Waals surface area (Å²) in [5.74, 6) is -1.19. The summed E-state index contributed by atoms with van der Waals surface area (Å²) in [4.78, 5) is 27.7. The number of hydrogen-bond donors (Lipinski definition) is 2. The van der Waals surface area contributed by atoms with Gasteiger partial charge in [-0.2, -0.15) is 0 Å². The molecule has 0 aliphatic carbocycles. The number of aromatic carboxylic acids is 1. The van der Waals surface area contributed by atoms with E-state index in [4.69, 9.17) is 11.6 Å². The van der Waals surface area contributed by atoms with Gasteiger partial charge >= 0.3 is 11.9 Å². The van der Waals surface area contributed by atoms with Gasteiger partial charge in [0, 0.05) is 23.4 Å². The molecule has 0 radical (unpaired) electrons. The Kier molecular flexibility index (Phi) is 7.84. The summed E-state index contributed by atoms with van der Waals surface area (Å²) in [7, 11) is 0. The van der Waals surface area contributed by atoms with Gasteiger partial charge in [0.25, 0.3) is 0 Å². The minimum atomic E-state index is -1.04. The van der Waals surface area contributed by atoms with Crippen LogP contribution in [0.4, 0.5) is 0 Å². The van der Waals surface area contributed by atoms with Crippen molar-refractivity contribution in [1.82, 2.24) is 9.55 Å². The lowest BCUT2D eigenvalue weighted by atomic mass is 10.0. The van der Waals surface area contributed by atoms with Crippen LogP contribution in [0, 0.1) is 0 Å². The molecule has 1 heterocycles. The number of carboxylic acid groups (broad SMARTS) is 2. The molecule has 0 atom stereocenters. The standard InChI is InChI=1S/C25H25ClN2O4/c1-2-3-9-23-27-15-21(13-20(25(31)32)12-17-7-5-4-6-8-17)28(23)16-19-11-10-18(24(29)30)14-22(19)26/h4-8,10-11,13-15H,2-3,9,12,16H2,1H3,(H,29,30)(H,31,32)/b20-13+. The molecule has 166 valence electrons. The van der Waals surface area contributed by atoms with Crippen LogP contribution in [0.25, 0.3) is 6.08 Å². The molecule has 2 N–H and O–H groups in total. The molecule has 0 amide bonds. The maximum absolute atomic E-state index is 11.9. The smallest absolute Gasteiger partial charge is 0.335 e. The minimum Gasteiger partial charge on any atom is -0.478 e. The van der Waals surface area contributed by atoms with E-state index in [0.29, 0.717) is 23.7 Å². The highest BCUT2D eigenvalue weighted by Crippen LogP contribution is 2.23. The number of carbonyl (C=O) groups is 2. The van der Waals surface area contributed by atoms with Crippen LogP contribution in [0.1, 0.15) is 52.8 Å². The number of aromatic nitrogens is 2. The van der Waals surface area contributed by atoms with Crippen molar-refractivity contribution < 1.29 is 19.8 Å². The molecule has 3 aromatic rings. The molecule has 0 aliphatic rings. The van der Waals surface area contributed by atoms with Crippen LogP contribution in [0.5, 0.6) is 0 Å². The second-order valence-electron chi connectivity index (χ2n) is 7.54. The van der Waals surface area contributed by atoms with E-state index in [1.165, 1.54) is 12.1 Å². The van der Waals surface area contributed by atoms with Crippen molar-refractivity contribution in [3.63, 3.8) is 0 Å². The highest BCUT2D eigenvalue weighted by molar-refractivity contribution is 6.31. The van der Waals surface area contributed by atoms with E-state index in [9.17, 15) is 19.8 Å². The highest BCUT2D eigenvalue weighted by Gasteiger charge is 2.15. The molecule has 32 heavy (non-hydrogen) atoms. The Morgan fingerprint density at radius 2 is 1.88 bits per heavy atom. The second kappa shape index (κ2) is 10.8. The third-order valence-corrected chi connectivity index (χ3v) is 5.54. The van der Waals surface area contributed by atoms with Gasteiger partial charge in [-0.3, -0.25) is 0 Å². The van der Waals surface area contributed by atoms with Crippen LogP contribution in [-0.4, -0.2) is 31.7 Å². The third kappa shape index (κ3) is 5.86. The first-order valence-electron chi connectivity index (χ1n) is 10.4. The maximum Gasteiger partial charge on any atom is 0.335 e. The molecule has 0 saturated carbocycles. The van der Waals surface area contributed by atoms with Crippen LogP contribution in [0.3, 0.4) is 0 Å². The summed E-state index contributed by atoms with van der Waals surface area (Å²) in [6.07, 6.45) is 6.31. The first kappa shape index (κ1) is 23.3. The monoisotopic (exact) mass is 452 g/mol. The number of imidazole rings is 1. The zero-order chi connectivity index (χ0) is 23.1. The van der Waals surface area contributed by atoms with Crippen molar-refractivity contribution in [2.24, 2.45) is 0 Å². The Bertz CT molecular complexity index is 1140. The average molecular weight is 453 g/mol. The maximum atomic E-state index is 11.9. The van der Waals surface area contributed by atoms with E-state index < -0.39 is 11.9 Å². The van der Waals surface area contributed by atoms with Gasteiger partial charge in [0.15, 0.2) is 0 Å². The average Bonchev–Trinajstić information content (AvgIpc) is 3.14. The van der Waals surface area contributed by atoms with Gasteiger partial charge in [0.2, 0.25) is 0 Å². The van der Waals surface area contributed by atoms with Crippen LogP contribution in [0.2, 0.25) is 5.02 Å². The summed E-state index contributed by atoms with van der Waals surface area (Å²) in [6, 6.07) is 14.1. The number of nitrogens with zero attached hydrogens (tertiary/aromatic N) is 2. The van der Waals surface area contributed by atoms with Crippen LogP contribution in [0.15, 0.2) is 60.3 Å². The summed E-state index contributed by atoms with van der Waals surface area (Å²) in [5.41, 5.74) is 2.69. The van der Waals surface area contributed by atoms with Crippen LogP contribution >= 0.6 is 11.6 Å². The molecule has 7 heteroatoms. The van der Waals surface area contributed by atoms with Gasteiger partial charge in [-0.25, -0.2) is 14.6 Å². The van der Waals surface area contributed by atoms with E-state index in [-0.39, 0.29) is 11.1 Å². The van der Waals surface area contributed by atoms with E-state index in [1.807, 2.05) is 34.9 Å². The van der Waals surface area contributed by atoms with Gasteiger partial charge in [0.05, 0.1) is 24.0 Å². The molecule has 0 bridgehead atoms. The van der Waals surface area contributed by atoms with Crippen molar-refractivity contribution in [1.29, 1.82) is 0 Å². The van der Waals surface area contributed by atoms with Gasteiger partial charge in [-0.1, -0.05) is 61.3 Å². The van der Waals surface area contributed by atoms with E-state index in [0.717, 1.165) is 36.2 Å². The first-order valence-corrected chi connectivity index (χ1v) is 10.8. The number of aryl methyl sites for hydroxylation is 1. The van der Waals surface area contributed by atoms with Crippen molar-refractivity contribution in [2.45, 2.75) is 39.2 Å². The van der Waals surface area contributed by atoms with Gasteiger partial charge < -0.3 is 14.8 Å². The molecule has 0 unspecified atom stereocenters. The molecule has 0 aliphatic heterocycles. The number of unbranched alkanes of at least 4 members (excludes halogenated alkanes) is 1. The molecular weight excluding hydrogens is 428 g/mol. The van der Waals surface area contributed by atoms with Gasteiger partial charge in [0.1, 0.15) is 5.82 Å². The fourth-order valence-electron chi connectivity index (χ4n) is 3.42. The molecule has 0 fully saturated rings. The largest absolute Gasteiger partial charge is 0.478 e. The number of benzene rings is 2. The van der Waals surface area contributed by atoms with Crippen molar-refractivity contribution >= 4 is 29.6 Å². The van der Waals surface area contributed by atoms with Crippen LogP contribution in [-0.2, 0) is 24.2 Å². The lowest BCUT2D eigenvalue weighted by Crippen LogP contribution is -2.10. The van der Waals surface area contributed by atoms with Crippen molar-refractivity contribution in [3.8, 4) is 0 Å². The Labute approximate surface area is 191 Å². The number of hydrogen-bond acceptors (Lipinski definition) is 3. The second-order valence-corrected chi connectivity index (χ2v) is 7.94. The lowest BCUT2D eigenvalue weighted by molar-refractivity contribution is -0.132. The fraction of sp³-hybridized carbons (Fsp3) is 0.240. The zero-order valence-electron chi connectivity index (χ0n) is 17.8. The van der Waals surface area contributed by atoms with E-state index in [1.54, 1.807) is 18.3 Å². The summed E-state index contributed by atoms with van der Waals surface area (Å²) in [5, 5.41) is 19.3. The third-order valence-electron chi connectivity index (χ3n) is 5.19. The molecule has 1 aromatic heterocycles. The molecular formula is C25H25ClN2O4. The quantitative estimate of drug-likeness (QED) is 0.405. The Morgan fingerprint density at radius 3 is 2.50 bits per heavy atom.